The molecule has 2 N–H and O–H groups in total. The number of sulfonamides is 1. The topological polar surface area (TPSA) is 68.3 Å². The summed E-state index contributed by atoms with van der Waals surface area (Å²) in [7, 11) is -1.78. The quantitative estimate of drug-likeness (QED) is 0.829. The van der Waals surface area contributed by atoms with E-state index in [9.17, 15) is 8.42 Å². The zero-order chi connectivity index (χ0) is 14.6. The van der Waals surface area contributed by atoms with E-state index in [-0.39, 0.29) is 0 Å². The maximum atomic E-state index is 12.5. The number of aromatic nitrogens is 1. The lowest BCUT2D eigenvalue weighted by Crippen LogP contribution is -2.30. The molecule has 0 aliphatic rings. The average molecular weight is 287 g/mol. The Labute approximate surface area is 116 Å². The molecule has 0 bridgehead atoms. The van der Waals surface area contributed by atoms with E-state index in [0.717, 1.165) is 18.7 Å². The van der Waals surface area contributed by atoms with E-state index in [2.05, 4.69) is 13.8 Å². The lowest BCUT2D eigenvalue weighted by molar-refractivity contribution is 0.393. The number of hydrogen-bond donors (Lipinski definition) is 1. The van der Waals surface area contributed by atoms with Gasteiger partial charge in [-0.15, -0.1) is 0 Å². The van der Waals surface area contributed by atoms with Crippen LogP contribution >= 0.6 is 0 Å². The van der Waals surface area contributed by atoms with Crippen LogP contribution in [0.25, 0.3) is 0 Å². The molecule has 110 valence electrons. The van der Waals surface area contributed by atoms with Gasteiger partial charge in [-0.05, 0) is 18.9 Å². The molecule has 1 aromatic heterocycles. The molecule has 0 amide bonds. The van der Waals surface area contributed by atoms with Crippen molar-refractivity contribution in [1.82, 2.24) is 8.87 Å². The number of aryl methyl sites for hydroxylation is 1. The van der Waals surface area contributed by atoms with Crippen LogP contribution in [0, 0.1) is 5.92 Å². The van der Waals surface area contributed by atoms with E-state index < -0.39 is 10.0 Å². The molecule has 0 aromatic carbocycles. The predicted octanol–water partition coefficient (Wildman–Crippen LogP) is 1.63. The summed E-state index contributed by atoms with van der Waals surface area (Å²) >= 11 is 0. The lowest BCUT2D eigenvalue weighted by atomic mass is 10.1. The summed E-state index contributed by atoms with van der Waals surface area (Å²) in [5.41, 5.74) is 6.48. The summed E-state index contributed by atoms with van der Waals surface area (Å²) in [6, 6.07) is 1.67. The zero-order valence-corrected chi connectivity index (χ0v) is 13.1. The van der Waals surface area contributed by atoms with E-state index in [4.69, 9.17) is 5.73 Å². The highest BCUT2D eigenvalue weighted by Crippen LogP contribution is 2.19. The minimum Gasteiger partial charge on any atom is -0.349 e. The molecule has 1 rings (SSSR count). The number of rotatable bonds is 7. The monoisotopic (exact) mass is 287 g/mol. The Morgan fingerprint density at radius 2 is 2.05 bits per heavy atom. The molecular weight excluding hydrogens is 262 g/mol. The van der Waals surface area contributed by atoms with E-state index in [1.807, 2.05) is 11.5 Å². The first-order valence-electron chi connectivity index (χ1n) is 6.72. The summed E-state index contributed by atoms with van der Waals surface area (Å²) in [6.45, 7) is 7.68. The van der Waals surface area contributed by atoms with Gasteiger partial charge in [-0.1, -0.05) is 20.3 Å². The van der Waals surface area contributed by atoms with Gasteiger partial charge in [0.05, 0.1) is 0 Å². The molecule has 0 radical (unpaired) electrons. The van der Waals surface area contributed by atoms with Gasteiger partial charge in [0.2, 0.25) is 10.0 Å². The first-order valence-corrected chi connectivity index (χ1v) is 8.16. The van der Waals surface area contributed by atoms with Crippen molar-refractivity contribution in [3.8, 4) is 0 Å². The smallest absolute Gasteiger partial charge is 0.244 e. The van der Waals surface area contributed by atoms with Gasteiger partial charge in [-0.2, -0.15) is 0 Å². The van der Waals surface area contributed by atoms with E-state index >= 15 is 0 Å². The first kappa shape index (κ1) is 16.2. The van der Waals surface area contributed by atoms with Gasteiger partial charge in [0.25, 0.3) is 0 Å². The van der Waals surface area contributed by atoms with Crippen LogP contribution in [-0.4, -0.2) is 30.9 Å². The standard InChI is InChI=1S/C13H25N3O2S/c1-5-11(3)9-15(4)19(17,18)13-7-12(8-14)16(6-2)10-13/h7,10-11H,5-6,8-9,14H2,1-4H3. The Balaban J connectivity index is 3.02. The molecule has 6 heteroatoms. The molecule has 1 unspecified atom stereocenters. The van der Waals surface area contributed by atoms with Crippen molar-refractivity contribution < 1.29 is 8.42 Å². The van der Waals surface area contributed by atoms with E-state index in [1.165, 1.54) is 4.31 Å². The second kappa shape index (κ2) is 6.54. The summed E-state index contributed by atoms with van der Waals surface area (Å²) in [4.78, 5) is 0.334. The van der Waals surface area contributed by atoms with Crippen LogP contribution in [0.15, 0.2) is 17.2 Å². The van der Waals surface area contributed by atoms with Crippen molar-refractivity contribution in [2.45, 2.75) is 45.2 Å². The molecule has 0 spiro atoms. The number of nitrogens with zero attached hydrogens (tertiary/aromatic N) is 2. The Morgan fingerprint density at radius 1 is 1.42 bits per heavy atom. The second-order valence-corrected chi connectivity index (χ2v) is 7.00. The second-order valence-electron chi connectivity index (χ2n) is 4.96. The summed E-state index contributed by atoms with van der Waals surface area (Å²) in [5, 5.41) is 0. The largest absolute Gasteiger partial charge is 0.349 e. The van der Waals surface area contributed by atoms with Crippen LogP contribution in [0.1, 0.15) is 32.9 Å². The van der Waals surface area contributed by atoms with Crippen LogP contribution < -0.4 is 5.73 Å². The SMILES string of the molecule is CCC(C)CN(C)S(=O)(=O)c1cc(CN)n(CC)c1. The van der Waals surface area contributed by atoms with Crippen LogP contribution in [0.2, 0.25) is 0 Å². The number of hydrogen-bond acceptors (Lipinski definition) is 3. The van der Waals surface area contributed by atoms with Crippen molar-refractivity contribution in [1.29, 1.82) is 0 Å². The fourth-order valence-corrected chi connectivity index (χ4v) is 3.33. The molecule has 1 atom stereocenters. The predicted molar refractivity (Wildman–Crippen MR) is 77.3 cm³/mol. The minimum absolute atomic E-state index is 0.334. The van der Waals surface area contributed by atoms with Gasteiger partial charge in [0.15, 0.2) is 0 Å². The van der Waals surface area contributed by atoms with E-state index in [1.54, 1.807) is 19.3 Å². The van der Waals surface area contributed by atoms with Gasteiger partial charge in [0.1, 0.15) is 4.90 Å². The third-order valence-corrected chi connectivity index (χ3v) is 5.27. The molecule has 0 fully saturated rings. The van der Waals surface area contributed by atoms with Crippen molar-refractivity contribution in [2.75, 3.05) is 13.6 Å². The molecular formula is C13H25N3O2S. The maximum absolute atomic E-state index is 12.5. The minimum atomic E-state index is -3.41. The van der Waals surface area contributed by atoms with Crippen molar-refractivity contribution in [2.24, 2.45) is 11.7 Å². The van der Waals surface area contributed by atoms with Gasteiger partial charge in [-0.3, -0.25) is 0 Å². The summed E-state index contributed by atoms with van der Waals surface area (Å²) < 4.78 is 28.2. The average Bonchev–Trinajstić information content (AvgIpc) is 2.82. The van der Waals surface area contributed by atoms with Crippen LogP contribution in [-0.2, 0) is 23.1 Å². The fraction of sp³-hybridized carbons (Fsp3) is 0.692. The molecule has 5 nitrogen and oxygen atoms in total. The highest BCUT2D eigenvalue weighted by molar-refractivity contribution is 7.89. The van der Waals surface area contributed by atoms with Gasteiger partial charge in [-0.25, -0.2) is 12.7 Å². The molecule has 19 heavy (non-hydrogen) atoms. The van der Waals surface area contributed by atoms with Gasteiger partial charge < -0.3 is 10.3 Å². The van der Waals surface area contributed by atoms with Crippen LogP contribution in [0.4, 0.5) is 0 Å². The van der Waals surface area contributed by atoms with Gasteiger partial charge >= 0.3 is 0 Å². The van der Waals surface area contributed by atoms with Gasteiger partial charge in [0, 0.05) is 38.6 Å². The summed E-state index contributed by atoms with van der Waals surface area (Å²) in [6.07, 6.45) is 2.63. The van der Waals surface area contributed by atoms with Crippen molar-refractivity contribution >= 4 is 10.0 Å². The third kappa shape index (κ3) is 3.58. The van der Waals surface area contributed by atoms with Crippen LogP contribution in [0.5, 0.6) is 0 Å². The molecule has 0 saturated carbocycles. The van der Waals surface area contributed by atoms with Crippen molar-refractivity contribution in [3.63, 3.8) is 0 Å². The molecule has 1 heterocycles. The highest BCUT2D eigenvalue weighted by Gasteiger charge is 2.24. The Bertz CT molecular complexity index is 486. The van der Waals surface area contributed by atoms with E-state index in [0.29, 0.717) is 23.9 Å². The Kier molecular flexibility index (Phi) is 5.58. The molecule has 1 aromatic rings. The zero-order valence-electron chi connectivity index (χ0n) is 12.3. The third-order valence-electron chi connectivity index (χ3n) is 3.48. The first-order chi connectivity index (χ1) is 8.86. The molecule has 0 aliphatic heterocycles. The number of nitrogens with two attached hydrogens (primary N) is 1. The molecule has 0 saturated heterocycles. The molecule has 0 aliphatic carbocycles. The lowest BCUT2D eigenvalue weighted by Gasteiger charge is -2.19. The Morgan fingerprint density at radius 3 is 2.47 bits per heavy atom. The summed E-state index contributed by atoms with van der Waals surface area (Å²) in [5.74, 6) is 0.349. The normalized spacial score (nSPS) is 14.0. The highest BCUT2D eigenvalue weighted by atomic mass is 32.2. The van der Waals surface area contributed by atoms with Crippen molar-refractivity contribution in [3.05, 3.63) is 18.0 Å². The maximum Gasteiger partial charge on any atom is 0.244 e. The fourth-order valence-electron chi connectivity index (χ4n) is 1.98. The van der Waals surface area contributed by atoms with Crippen LogP contribution in [0.3, 0.4) is 0 Å². The Hall–Kier alpha value is -0.850.